The van der Waals surface area contributed by atoms with Crippen LogP contribution in [0.1, 0.15) is 44.2 Å². The molecule has 1 aliphatic rings. The summed E-state index contributed by atoms with van der Waals surface area (Å²) in [6.07, 6.45) is -0.375. The predicted molar refractivity (Wildman–Crippen MR) is 104 cm³/mol. The van der Waals surface area contributed by atoms with Gasteiger partial charge in [-0.2, -0.15) is 0 Å². The van der Waals surface area contributed by atoms with E-state index in [-0.39, 0.29) is 17.9 Å². The Morgan fingerprint density at radius 2 is 1.56 bits per heavy atom. The maximum atomic E-state index is 12.2. The summed E-state index contributed by atoms with van der Waals surface area (Å²) in [7, 11) is 0. The van der Waals surface area contributed by atoms with Gasteiger partial charge in [0.15, 0.2) is 0 Å². The van der Waals surface area contributed by atoms with Gasteiger partial charge in [-0.05, 0) is 34.1 Å². The van der Waals surface area contributed by atoms with Crippen LogP contribution in [-0.4, -0.2) is 29.8 Å². The summed E-state index contributed by atoms with van der Waals surface area (Å²) in [4.78, 5) is 23.7. The Hall–Kier alpha value is -2.82. The van der Waals surface area contributed by atoms with Gasteiger partial charge in [-0.15, -0.1) is 0 Å². The predicted octanol–water partition coefficient (Wildman–Crippen LogP) is 4.41. The molecule has 0 aromatic heterocycles. The highest BCUT2D eigenvalue weighted by molar-refractivity contribution is 5.81. The molecule has 2 aromatic rings. The quantitative estimate of drug-likeness (QED) is 0.820. The molecule has 142 valence electrons. The topological polar surface area (TPSA) is 75.6 Å². The van der Waals surface area contributed by atoms with Gasteiger partial charge >= 0.3 is 12.1 Å². The van der Waals surface area contributed by atoms with Crippen molar-refractivity contribution in [3.8, 4) is 11.1 Å². The van der Waals surface area contributed by atoms with E-state index >= 15 is 0 Å². The summed E-state index contributed by atoms with van der Waals surface area (Å²) in [5, 5.41) is 11.8. The van der Waals surface area contributed by atoms with Crippen LogP contribution >= 0.6 is 0 Å². The van der Waals surface area contributed by atoms with Crippen molar-refractivity contribution < 1.29 is 19.4 Å². The van der Waals surface area contributed by atoms with Crippen molar-refractivity contribution in [3.05, 3.63) is 59.7 Å². The fourth-order valence-electron chi connectivity index (χ4n) is 3.59. The number of aliphatic carboxylic acids is 1. The third-order valence-electron chi connectivity index (χ3n) is 4.75. The summed E-state index contributed by atoms with van der Waals surface area (Å²) in [6, 6.07) is 15.2. The molecule has 27 heavy (non-hydrogen) atoms. The third-order valence-corrected chi connectivity index (χ3v) is 4.75. The minimum atomic E-state index is -1.06. The van der Waals surface area contributed by atoms with Gasteiger partial charge in [0.1, 0.15) is 12.6 Å². The molecule has 3 rings (SSSR count). The number of alkyl carbamates (subject to hydrolysis) is 1. The normalized spacial score (nSPS) is 14.2. The van der Waals surface area contributed by atoms with E-state index in [2.05, 4.69) is 17.4 Å². The zero-order chi connectivity index (χ0) is 19.6. The summed E-state index contributed by atoms with van der Waals surface area (Å²) in [6.45, 7) is 5.97. The van der Waals surface area contributed by atoms with E-state index in [1.807, 2.05) is 57.2 Å². The average Bonchev–Trinajstić information content (AvgIpc) is 2.92. The van der Waals surface area contributed by atoms with Gasteiger partial charge in [-0.1, -0.05) is 69.3 Å². The minimum Gasteiger partial charge on any atom is -0.480 e. The fourth-order valence-corrected chi connectivity index (χ4v) is 3.59. The number of nitrogens with one attached hydrogen (secondary N) is 1. The molecule has 1 aliphatic carbocycles. The molecule has 0 saturated carbocycles. The first-order valence-corrected chi connectivity index (χ1v) is 9.10. The van der Waals surface area contributed by atoms with Crippen molar-refractivity contribution in [2.45, 2.75) is 39.2 Å². The van der Waals surface area contributed by atoms with Crippen molar-refractivity contribution in [1.29, 1.82) is 0 Å². The molecular weight excluding hydrogens is 342 g/mol. The Morgan fingerprint density at radius 3 is 2.04 bits per heavy atom. The van der Waals surface area contributed by atoms with Crippen LogP contribution in [0.5, 0.6) is 0 Å². The number of carbonyl (C=O) groups is 2. The lowest BCUT2D eigenvalue weighted by atomic mass is 9.88. The second-order valence-electron chi connectivity index (χ2n) is 8.13. The SMILES string of the molecule is CC(C)(C)CC(NC(=O)OCC1c2ccccc2-c2ccccc21)C(=O)O. The molecule has 0 radical (unpaired) electrons. The van der Waals surface area contributed by atoms with Gasteiger partial charge in [0.25, 0.3) is 0 Å². The molecule has 0 bridgehead atoms. The lowest BCUT2D eigenvalue weighted by Crippen LogP contribution is -2.43. The largest absolute Gasteiger partial charge is 0.480 e. The molecule has 2 aromatic carbocycles. The van der Waals surface area contributed by atoms with E-state index in [0.717, 1.165) is 22.3 Å². The second-order valence-corrected chi connectivity index (χ2v) is 8.13. The average molecular weight is 367 g/mol. The van der Waals surface area contributed by atoms with Crippen LogP contribution < -0.4 is 5.32 Å². The lowest BCUT2D eigenvalue weighted by molar-refractivity contribution is -0.140. The fraction of sp³-hybridized carbons (Fsp3) is 0.364. The Morgan fingerprint density at radius 1 is 1.04 bits per heavy atom. The first-order chi connectivity index (χ1) is 12.8. The number of carbonyl (C=O) groups excluding carboxylic acids is 1. The van der Waals surface area contributed by atoms with Crippen LogP contribution in [0.3, 0.4) is 0 Å². The third kappa shape index (κ3) is 4.30. The van der Waals surface area contributed by atoms with E-state index in [1.165, 1.54) is 0 Å². The smallest absolute Gasteiger partial charge is 0.407 e. The van der Waals surface area contributed by atoms with Crippen molar-refractivity contribution in [2.75, 3.05) is 6.61 Å². The first kappa shape index (κ1) is 19.0. The zero-order valence-corrected chi connectivity index (χ0v) is 15.9. The van der Waals surface area contributed by atoms with Gasteiger partial charge in [-0.25, -0.2) is 9.59 Å². The summed E-state index contributed by atoms with van der Waals surface area (Å²) in [5.41, 5.74) is 4.32. The number of rotatable bonds is 5. The maximum absolute atomic E-state index is 12.2. The van der Waals surface area contributed by atoms with Crippen molar-refractivity contribution in [3.63, 3.8) is 0 Å². The molecular formula is C22H25NO4. The van der Waals surface area contributed by atoms with Crippen LogP contribution in [0.25, 0.3) is 11.1 Å². The molecule has 5 heteroatoms. The molecule has 0 spiro atoms. The molecule has 0 fully saturated rings. The zero-order valence-electron chi connectivity index (χ0n) is 15.9. The van der Waals surface area contributed by atoms with E-state index in [9.17, 15) is 14.7 Å². The molecule has 5 nitrogen and oxygen atoms in total. The summed E-state index contributed by atoms with van der Waals surface area (Å²) >= 11 is 0. The Balaban J connectivity index is 1.69. The molecule has 2 N–H and O–H groups in total. The van der Waals surface area contributed by atoms with Crippen LogP contribution in [0.2, 0.25) is 0 Å². The molecule has 1 amide bonds. The molecule has 1 unspecified atom stereocenters. The summed E-state index contributed by atoms with van der Waals surface area (Å²) in [5.74, 6) is -1.10. The van der Waals surface area contributed by atoms with Gasteiger partial charge in [0, 0.05) is 5.92 Å². The number of hydrogen-bond donors (Lipinski definition) is 2. The molecule has 1 atom stereocenters. The van der Waals surface area contributed by atoms with Crippen LogP contribution in [0, 0.1) is 5.41 Å². The molecule has 0 aliphatic heterocycles. The van der Waals surface area contributed by atoms with Crippen molar-refractivity contribution in [1.82, 2.24) is 5.32 Å². The maximum Gasteiger partial charge on any atom is 0.407 e. The van der Waals surface area contributed by atoms with E-state index in [4.69, 9.17) is 4.74 Å². The number of carboxylic acid groups (broad SMARTS) is 1. The van der Waals surface area contributed by atoms with Gasteiger partial charge < -0.3 is 15.2 Å². The van der Waals surface area contributed by atoms with Gasteiger partial charge in [-0.3, -0.25) is 0 Å². The number of amides is 1. The van der Waals surface area contributed by atoms with Crippen molar-refractivity contribution in [2.24, 2.45) is 5.41 Å². The Kier molecular flexibility index (Phi) is 5.22. The monoisotopic (exact) mass is 367 g/mol. The number of fused-ring (bicyclic) bond motifs is 3. The number of carboxylic acids is 1. The lowest BCUT2D eigenvalue weighted by Gasteiger charge is -2.24. The van der Waals surface area contributed by atoms with Gasteiger partial charge in [0.05, 0.1) is 0 Å². The summed E-state index contributed by atoms with van der Waals surface area (Å²) < 4.78 is 5.42. The number of benzene rings is 2. The highest BCUT2D eigenvalue weighted by Gasteiger charge is 2.30. The standard InChI is InChI=1S/C22H25NO4/c1-22(2,3)12-19(20(24)25)23-21(26)27-13-18-16-10-6-4-8-14(16)15-9-5-7-11-17(15)18/h4-11,18-19H,12-13H2,1-3H3,(H,23,26)(H,24,25). The highest BCUT2D eigenvalue weighted by atomic mass is 16.5. The van der Waals surface area contributed by atoms with Crippen molar-refractivity contribution >= 4 is 12.1 Å². The number of hydrogen-bond acceptors (Lipinski definition) is 3. The minimum absolute atomic E-state index is 0.0472. The van der Waals surface area contributed by atoms with Crippen LogP contribution in [0.4, 0.5) is 4.79 Å². The van der Waals surface area contributed by atoms with E-state index < -0.39 is 18.1 Å². The molecule has 0 saturated heterocycles. The Bertz CT molecular complexity index is 808. The number of ether oxygens (including phenoxy) is 1. The van der Waals surface area contributed by atoms with E-state index in [1.54, 1.807) is 0 Å². The first-order valence-electron chi connectivity index (χ1n) is 9.10. The Labute approximate surface area is 159 Å². The molecule has 0 heterocycles. The van der Waals surface area contributed by atoms with Crippen LogP contribution in [0.15, 0.2) is 48.5 Å². The highest BCUT2D eigenvalue weighted by Crippen LogP contribution is 2.44. The second kappa shape index (κ2) is 7.43. The van der Waals surface area contributed by atoms with E-state index in [0.29, 0.717) is 6.42 Å². The van der Waals surface area contributed by atoms with Gasteiger partial charge in [0.2, 0.25) is 0 Å². The van der Waals surface area contributed by atoms with Crippen LogP contribution in [-0.2, 0) is 9.53 Å².